The number of hydrogen-bond acceptors (Lipinski definition) is 13. The monoisotopic (exact) mass is 1400 g/mol. The number of aliphatic hydroxyl groups excluding tert-OH is 8. The van der Waals surface area contributed by atoms with Gasteiger partial charge in [0.1, 0.15) is 48.8 Å². The lowest BCUT2D eigenvalue weighted by molar-refractivity contribution is -0.359. The fraction of sp³-hybridized carbons (Fsp3) is 0.824. The van der Waals surface area contributed by atoms with Crippen LogP contribution in [0.25, 0.3) is 0 Å². The molecule has 2 heterocycles. The van der Waals surface area contributed by atoms with Crippen molar-refractivity contribution >= 4 is 5.91 Å². The fourth-order valence-corrected chi connectivity index (χ4v) is 13.4. The van der Waals surface area contributed by atoms with Crippen molar-refractivity contribution in [1.29, 1.82) is 0 Å². The predicted molar refractivity (Wildman–Crippen MR) is 410 cm³/mol. The number of hydrogen-bond donors (Lipinski definition) is 9. The molecule has 2 aliphatic rings. The number of ether oxygens (including phenoxy) is 4. The molecule has 0 spiro atoms. The van der Waals surface area contributed by atoms with Crippen LogP contribution >= 0.6 is 0 Å². The van der Waals surface area contributed by atoms with E-state index < -0.39 is 86.8 Å². The number of carbonyl (C=O) groups is 1. The van der Waals surface area contributed by atoms with Crippen molar-refractivity contribution in [1.82, 2.24) is 5.32 Å². The molecule has 12 atom stereocenters. The van der Waals surface area contributed by atoms with Crippen LogP contribution in [0, 0.1) is 0 Å². The first-order valence-corrected chi connectivity index (χ1v) is 41.3. The Bertz CT molecular complexity index is 1990. The minimum atomic E-state index is -1.79. The van der Waals surface area contributed by atoms with Gasteiger partial charge in [-0.3, -0.25) is 4.79 Å². The largest absolute Gasteiger partial charge is 0.394 e. The van der Waals surface area contributed by atoms with Gasteiger partial charge in [-0.05, 0) is 70.6 Å². The van der Waals surface area contributed by atoms with Gasteiger partial charge in [0, 0.05) is 6.42 Å². The molecular weight excluding hydrogens is 1240 g/mol. The van der Waals surface area contributed by atoms with Gasteiger partial charge in [-0.1, -0.05) is 362 Å². The zero-order valence-electron chi connectivity index (χ0n) is 63.2. The lowest BCUT2D eigenvalue weighted by atomic mass is 9.97. The van der Waals surface area contributed by atoms with Gasteiger partial charge in [0.25, 0.3) is 0 Å². The highest BCUT2D eigenvalue weighted by Crippen LogP contribution is 2.30. The lowest BCUT2D eigenvalue weighted by Crippen LogP contribution is -2.65. The molecule has 0 aromatic rings. The second-order valence-corrected chi connectivity index (χ2v) is 28.9. The van der Waals surface area contributed by atoms with Gasteiger partial charge in [-0.25, -0.2) is 0 Å². The number of aliphatic hydroxyl groups is 8. The minimum absolute atomic E-state index is 0.234. The highest BCUT2D eigenvalue weighted by atomic mass is 16.7. The topological polar surface area (TPSA) is 228 Å². The van der Waals surface area contributed by atoms with Crippen LogP contribution in [0.4, 0.5) is 0 Å². The molecule has 2 aliphatic heterocycles. The normalized spacial score (nSPS) is 22.4. The van der Waals surface area contributed by atoms with Crippen LogP contribution in [0.1, 0.15) is 354 Å². The van der Waals surface area contributed by atoms with Crippen LogP contribution in [0.5, 0.6) is 0 Å². The maximum atomic E-state index is 13.4. The minimum Gasteiger partial charge on any atom is -0.394 e. The second kappa shape index (κ2) is 68.3. The molecule has 0 saturated carbocycles. The summed E-state index contributed by atoms with van der Waals surface area (Å²) in [5.74, 6) is -0.234. The van der Waals surface area contributed by atoms with E-state index in [0.29, 0.717) is 6.42 Å². The van der Waals surface area contributed by atoms with Crippen molar-refractivity contribution in [2.24, 2.45) is 0 Å². The van der Waals surface area contributed by atoms with E-state index in [9.17, 15) is 45.6 Å². The first-order chi connectivity index (χ1) is 48.6. The van der Waals surface area contributed by atoms with Crippen LogP contribution in [0.15, 0.2) is 85.1 Å². The summed E-state index contributed by atoms with van der Waals surface area (Å²) in [6.07, 6.45) is 79.5. The van der Waals surface area contributed by atoms with Crippen LogP contribution < -0.4 is 5.32 Å². The average Bonchev–Trinajstić information content (AvgIpc) is 0.794. The first kappa shape index (κ1) is 92.3. The van der Waals surface area contributed by atoms with Gasteiger partial charge >= 0.3 is 0 Å². The van der Waals surface area contributed by atoms with E-state index in [1.165, 1.54) is 250 Å². The molecular formula is C85H153NO13. The molecule has 0 aliphatic carbocycles. The van der Waals surface area contributed by atoms with Crippen LogP contribution in [-0.2, 0) is 23.7 Å². The standard InChI is InChI=1S/C85H153NO13/c1-3-5-7-9-11-13-15-17-19-21-23-25-27-29-31-32-33-34-35-36-37-38-39-40-41-42-43-45-47-49-51-53-55-57-59-61-63-65-67-69-77(90)86-73(72-96-84-82(95)80(93)83(76(71-88)98-84)99-85-81(94)79(92)78(91)75(70-87)97-85)74(89)68-66-64-62-60-58-56-54-52-50-48-46-44-30-28-26-24-22-20-18-16-14-12-10-8-6-4-2/h5,7,11,13,17,19,23,25,29,31,33-34,66,68,73-76,78-85,87-89,91-95H,3-4,6,8-10,12,14-16,18,20-22,24,26-28,30,32,35-65,67,69-72H2,1-2H3,(H,86,90)/b7-5-,13-11-,19-17-,25-23-,31-29-,34-33-,68-66+. The Labute approximate surface area is 605 Å². The second-order valence-electron chi connectivity index (χ2n) is 28.9. The van der Waals surface area contributed by atoms with Gasteiger partial charge in [-0.15, -0.1) is 0 Å². The Morgan fingerprint density at radius 3 is 1.07 bits per heavy atom. The molecule has 576 valence electrons. The molecule has 9 N–H and O–H groups in total. The van der Waals surface area contributed by atoms with Crippen molar-refractivity contribution in [2.45, 2.75) is 428 Å². The third-order valence-electron chi connectivity index (χ3n) is 19.8. The summed E-state index contributed by atoms with van der Waals surface area (Å²) in [4.78, 5) is 13.4. The van der Waals surface area contributed by atoms with E-state index in [2.05, 4.69) is 92.1 Å². The average molecular weight is 1400 g/mol. The molecule has 0 bridgehead atoms. The molecule has 1 amide bonds. The third-order valence-corrected chi connectivity index (χ3v) is 19.8. The summed E-state index contributed by atoms with van der Waals surface area (Å²) in [6, 6.07) is -0.918. The molecule has 0 aromatic carbocycles. The van der Waals surface area contributed by atoms with Crippen molar-refractivity contribution in [3.8, 4) is 0 Å². The highest BCUT2D eigenvalue weighted by molar-refractivity contribution is 5.76. The smallest absolute Gasteiger partial charge is 0.220 e. The van der Waals surface area contributed by atoms with Gasteiger partial charge in [0.2, 0.25) is 5.91 Å². The molecule has 0 aromatic heterocycles. The summed E-state index contributed by atoms with van der Waals surface area (Å²) < 4.78 is 22.9. The Kier molecular flexibility index (Phi) is 63.6. The molecule has 99 heavy (non-hydrogen) atoms. The molecule has 12 unspecified atom stereocenters. The summed E-state index contributed by atoms with van der Waals surface area (Å²) in [5.41, 5.74) is 0. The quantitative estimate of drug-likeness (QED) is 0.0204. The highest BCUT2D eigenvalue weighted by Gasteiger charge is 2.51. The van der Waals surface area contributed by atoms with Crippen LogP contribution in [-0.4, -0.2) is 140 Å². The molecule has 2 saturated heterocycles. The number of rotatable bonds is 69. The zero-order valence-corrected chi connectivity index (χ0v) is 63.2. The van der Waals surface area contributed by atoms with E-state index >= 15 is 0 Å². The Balaban J connectivity index is 1.59. The zero-order chi connectivity index (χ0) is 71.5. The molecule has 0 radical (unpaired) electrons. The Morgan fingerprint density at radius 1 is 0.374 bits per heavy atom. The van der Waals surface area contributed by atoms with Crippen LogP contribution in [0.3, 0.4) is 0 Å². The maximum absolute atomic E-state index is 13.4. The number of nitrogens with one attached hydrogen (secondary N) is 1. The Morgan fingerprint density at radius 2 is 0.697 bits per heavy atom. The number of allylic oxidation sites excluding steroid dienone is 13. The van der Waals surface area contributed by atoms with Gasteiger partial charge < -0.3 is 65.1 Å². The molecule has 2 fully saturated rings. The van der Waals surface area contributed by atoms with E-state index in [0.717, 1.165) is 77.0 Å². The van der Waals surface area contributed by atoms with Crippen molar-refractivity contribution in [2.75, 3.05) is 19.8 Å². The SMILES string of the molecule is CC/C=C\C/C=C\C/C=C\C/C=C\C/C=C\C/C=C\CCCCCCCCCCCCCCCCCCCCCCC(=O)NC(COC1OC(CO)C(OC2OC(CO)C(O)C(O)C2O)C(O)C1O)C(O)/C=C/CCCCCCCCCCCCCCCCCCCCCCCCCC. The summed E-state index contributed by atoms with van der Waals surface area (Å²) in [6.45, 7) is 2.74. The van der Waals surface area contributed by atoms with Crippen molar-refractivity contribution < 1.29 is 64.6 Å². The third kappa shape index (κ3) is 51.1. The number of carbonyl (C=O) groups excluding carboxylic acids is 1. The van der Waals surface area contributed by atoms with E-state index in [1.807, 2.05) is 6.08 Å². The molecule has 14 heteroatoms. The van der Waals surface area contributed by atoms with E-state index in [1.54, 1.807) is 6.08 Å². The van der Waals surface area contributed by atoms with E-state index in [4.69, 9.17) is 18.9 Å². The first-order valence-electron chi connectivity index (χ1n) is 41.3. The van der Waals surface area contributed by atoms with Crippen molar-refractivity contribution in [3.05, 3.63) is 85.1 Å². The predicted octanol–water partition coefficient (Wildman–Crippen LogP) is 19.1. The summed E-state index contributed by atoms with van der Waals surface area (Å²) >= 11 is 0. The fourth-order valence-electron chi connectivity index (χ4n) is 13.4. The van der Waals surface area contributed by atoms with Gasteiger partial charge in [-0.2, -0.15) is 0 Å². The molecule has 14 nitrogen and oxygen atoms in total. The summed E-state index contributed by atoms with van der Waals surface area (Å²) in [5, 5.41) is 87.7. The van der Waals surface area contributed by atoms with Crippen LogP contribution in [0.2, 0.25) is 0 Å². The van der Waals surface area contributed by atoms with E-state index in [-0.39, 0.29) is 18.9 Å². The summed E-state index contributed by atoms with van der Waals surface area (Å²) in [7, 11) is 0. The lowest BCUT2D eigenvalue weighted by Gasteiger charge is -2.46. The number of unbranched alkanes of at least 4 members (excludes halogenated alkanes) is 44. The number of amides is 1. The Hall–Kier alpha value is -2.83. The van der Waals surface area contributed by atoms with Crippen molar-refractivity contribution in [3.63, 3.8) is 0 Å². The van der Waals surface area contributed by atoms with Gasteiger partial charge in [0.15, 0.2) is 12.6 Å². The maximum Gasteiger partial charge on any atom is 0.220 e. The molecule has 2 rings (SSSR count). The van der Waals surface area contributed by atoms with Gasteiger partial charge in [0.05, 0.1) is 32.0 Å².